The van der Waals surface area contributed by atoms with Crippen LogP contribution in [0.25, 0.3) is 0 Å². The molecule has 3 heterocycles. The average molecular weight is 406 g/mol. The van der Waals surface area contributed by atoms with E-state index in [9.17, 15) is 9.59 Å². The number of anilines is 1. The van der Waals surface area contributed by atoms with Gasteiger partial charge < -0.3 is 19.3 Å². The maximum atomic E-state index is 13.1. The van der Waals surface area contributed by atoms with Crippen molar-refractivity contribution < 1.29 is 19.1 Å². The van der Waals surface area contributed by atoms with Gasteiger partial charge >= 0.3 is 0 Å². The lowest BCUT2D eigenvalue weighted by atomic mass is 10.0. The summed E-state index contributed by atoms with van der Waals surface area (Å²) in [4.78, 5) is 28.8. The van der Waals surface area contributed by atoms with Crippen molar-refractivity contribution in [3.8, 4) is 11.5 Å². The number of hydrogen-bond acceptors (Lipinski definition) is 4. The summed E-state index contributed by atoms with van der Waals surface area (Å²) in [6.45, 7) is 2.69. The Balaban J connectivity index is 1.28. The van der Waals surface area contributed by atoms with Crippen LogP contribution < -0.4 is 14.4 Å². The number of likely N-dealkylation sites (tertiary alicyclic amines) is 1. The predicted molar refractivity (Wildman–Crippen MR) is 113 cm³/mol. The Morgan fingerprint density at radius 2 is 1.77 bits per heavy atom. The van der Waals surface area contributed by atoms with Crippen molar-refractivity contribution in [2.24, 2.45) is 0 Å². The lowest BCUT2D eigenvalue weighted by Gasteiger charge is -2.27. The Labute approximate surface area is 176 Å². The summed E-state index contributed by atoms with van der Waals surface area (Å²) in [6.07, 6.45) is 3.86. The van der Waals surface area contributed by atoms with Crippen LogP contribution in [-0.4, -0.2) is 43.0 Å². The number of fused-ring (bicyclic) bond motifs is 1. The summed E-state index contributed by atoms with van der Waals surface area (Å²) in [6, 6.07) is 13.9. The van der Waals surface area contributed by atoms with Crippen LogP contribution >= 0.6 is 0 Å². The van der Waals surface area contributed by atoms with Crippen LogP contribution in [0.4, 0.5) is 5.69 Å². The number of ether oxygens (including phenoxy) is 2. The molecule has 156 valence electrons. The third kappa shape index (κ3) is 3.62. The Morgan fingerprint density at radius 3 is 2.53 bits per heavy atom. The Kier molecular flexibility index (Phi) is 5.07. The largest absolute Gasteiger partial charge is 0.486 e. The van der Waals surface area contributed by atoms with Crippen molar-refractivity contribution in [2.75, 3.05) is 31.2 Å². The fourth-order valence-electron chi connectivity index (χ4n) is 4.67. The minimum atomic E-state index is 0.0785. The standard InChI is InChI=1S/C24H26N2O4/c27-23-4-2-11-25(23)19-8-5-17(6-9-19)15-24(28)26-12-1-3-20(26)18-7-10-21-22(16-18)30-14-13-29-21/h5-10,16,20H,1-4,11-15H2. The number of rotatable bonds is 4. The van der Waals surface area contributed by atoms with Crippen molar-refractivity contribution >= 4 is 17.5 Å². The fourth-order valence-corrected chi connectivity index (χ4v) is 4.67. The van der Waals surface area contributed by atoms with E-state index in [4.69, 9.17) is 9.47 Å². The molecule has 2 aromatic rings. The van der Waals surface area contributed by atoms with E-state index < -0.39 is 0 Å². The number of carbonyl (C=O) groups excluding carboxylic acids is 2. The van der Waals surface area contributed by atoms with E-state index in [-0.39, 0.29) is 17.9 Å². The molecule has 2 aromatic carbocycles. The maximum Gasteiger partial charge on any atom is 0.227 e. The van der Waals surface area contributed by atoms with Gasteiger partial charge in [-0.15, -0.1) is 0 Å². The quantitative estimate of drug-likeness (QED) is 0.780. The van der Waals surface area contributed by atoms with Gasteiger partial charge in [0, 0.05) is 25.2 Å². The molecule has 2 saturated heterocycles. The summed E-state index contributed by atoms with van der Waals surface area (Å²) < 4.78 is 11.3. The van der Waals surface area contributed by atoms with Crippen molar-refractivity contribution in [3.63, 3.8) is 0 Å². The minimum absolute atomic E-state index is 0.0785. The zero-order valence-corrected chi connectivity index (χ0v) is 17.0. The monoisotopic (exact) mass is 406 g/mol. The first-order valence-electron chi connectivity index (χ1n) is 10.8. The van der Waals surface area contributed by atoms with Crippen LogP contribution in [-0.2, 0) is 16.0 Å². The van der Waals surface area contributed by atoms with Gasteiger partial charge in [-0.3, -0.25) is 9.59 Å². The van der Waals surface area contributed by atoms with E-state index in [0.29, 0.717) is 26.1 Å². The molecule has 2 fully saturated rings. The number of nitrogens with zero attached hydrogens (tertiary/aromatic N) is 2. The molecule has 6 heteroatoms. The SMILES string of the molecule is O=C1CCCN1c1ccc(CC(=O)N2CCCC2c2ccc3c(c2)OCCO3)cc1. The van der Waals surface area contributed by atoms with Crippen molar-refractivity contribution in [2.45, 2.75) is 38.1 Å². The molecule has 0 N–H and O–H groups in total. The predicted octanol–water partition coefficient (Wildman–Crippen LogP) is 3.49. The van der Waals surface area contributed by atoms with E-state index in [2.05, 4.69) is 0 Å². The van der Waals surface area contributed by atoms with E-state index in [1.807, 2.05) is 52.3 Å². The van der Waals surface area contributed by atoms with E-state index in [1.54, 1.807) is 0 Å². The molecule has 3 aliphatic heterocycles. The molecule has 5 rings (SSSR count). The summed E-state index contributed by atoms with van der Waals surface area (Å²) >= 11 is 0. The van der Waals surface area contributed by atoms with Gasteiger partial charge in [-0.2, -0.15) is 0 Å². The summed E-state index contributed by atoms with van der Waals surface area (Å²) in [5, 5.41) is 0. The van der Waals surface area contributed by atoms with Crippen molar-refractivity contribution in [1.29, 1.82) is 0 Å². The van der Waals surface area contributed by atoms with Crippen LogP contribution in [0.1, 0.15) is 42.9 Å². The highest BCUT2D eigenvalue weighted by molar-refractivity contribution is 5.95. The van der Waals surface area contributed by atoms with Crippen molar-refractivity contribution in [3.05, 3.63) is 53.6 Å². The Morgan fingerprint density at radius 1 is 0.967 bits per heavy atom. The normalized spacial score (nSPS) is 20.7. The molecule has 0 aromatic heterocycles. The topological polar surface area (TPSA) is 59.1 Å². The van der Waals surface area contributed by atoms with Gasteiger partial charge in [0.2, 0.25) is 11.8 Å². The third-order valence-corrected chi connectivity index (χ3v) is 6.20. The van der Waals surface area contributed by atoms with Crippen LogP contribution in [0.15, 0.2) is 42.5 Å². The molecule has 30 heavy (non-hydrogen) atoms. The molecule has 1 unspecified atom stereocenters. The fraction of sp³-hybridized carbons (Fsp3) is 0.417. The molecule has 2 amide bonds. The average Bonchev–Trinajstić information content (AvgIpc) is 3.43. The highest BCUT2D eigenvalue weighted by Crippen LogP contribution is 2.38. The molecule has 0 aliphatic carbocycles. The van der Waals surface area contributed by atoms with Crippen molar-refractivity contribution in [1.82, 2.24) is 4.90 Å². The summed E-state index contributed by atoms with van der Waals surface area (Å²) in [7, 11) is 0. The highest BCUT2D eigenvalue weighted by atomic mass is 16.6. The Bertz CT molecular complexity index is 956. The molecule has 0 bridgehead atoms. The summed E-state index contributed by atoms with van der Waals surface area (Å²) in [5.74, 6) is 1.86. The first-order chi connectivity index (χ1) is 14.7. The number of benzene rings is 2. The molecule has 0 saturated carbocycles. The van der Waals surface area contributed by atoms with Crippen LogP contribution in [0.3, 0.4) is 0 Å². The van der Waals surface area contributed by atoms with Gasteiger partial charge in [-0.1, -0.05) is 18.2 Å². The lowest BCUT2D eigenvalue weighted by Crippen LogP contribution is -2.32. The van der Waals surface area contributed by atoms with Crippen LogP contribution in [0.5, 0.6) is 11.5 Å². The molecule has 3 aliphatic rings. The van der Waals surface area contributed by atoms with Crippen LogP contribution in [0.2, 0.25) is 0 Å². The van der Waals surface area contributed by atoms with Gasteiger partial charge in [0.1, 0.15) is 13.2 Å². The zero-order chi connectivity index (χ0) is 20.5. The first kappa shape index (κ1) is 19.0. The van der Waals surface area contributed by atoms with Gasteiger partial charge in [-0.05, 0) is 54.7 Å². The number of hydrogen-bond donors (Lipinski definition) is 0. The second-order valence-corrected chi connectivity index (χ2v) is 8.14. The van der Waals surface area contributed by atoms with Crippen LogP contribution in [0, 0.1) is 0 Å². The van der Waals surface area contributed by atoms with E-state index >= 15 is 0 Å². The second-order valence-electron chi connectivity index (χ2n) is 8.14. The van der Waals surface area contributed by atoms with Gasteiger partial charge in [-0.25, -0.2) is 0 Å². The molecule has 0 radical (unpaired) electrons. The molecule has 0 spiro atoms. The van der Waals surface area contributed by atoms with E-state index in [1.165, 1.54) is 0 Å². The zero-order valence-electron chi connectivity index (χ0n) is 17.0. The van der Waals surface area contributed by atoms with E-state index in [0.717, 1.165) is 60.7 Å². The maximum absolute atomic E-state index is 13.1. The molecule has 1 atom stereocenters. The first-order valence-corrected chi connectivity index (χ1v) is 10.8. The smallest absolute Gasteiger partial charge is 0.227 e. The second kappa shape index (κ2) is 8.01. The van der Waals surface area contributed by atoms with Gasteiger partial charge in [0.05, 0.1) is 12.5 Å². The molecular formula is C24H26N2O4. The molecular weight excluding hydrogens is 380 g/mol. The Hall–Kier alpha value is -3.02. The summed E-state index contributed by atoms with van der Waals surface area (Å²) in [5.41, 5.74) is 3.00. The number of amides is 2. The third-order valence-electron chi connectivity index (χ3n) is 6.20. The highest BCUT2D eigenvalue weighted by Gasteiger charge is 2.31. The van der Waals surface area contributed by atoms with Gasteiger partial charge in [0.25, 0.3) is 0 Å². The van der Waals surface area contributed by atoms with Gasteiger partial charge in [0.15, 0.2) is 11.5 Å². The number of carbonyl (C=O) groups is 2. The lowest BCUT2D eigenvalue weighted by molar-refractivity contribution is -0.131. The minimum Gasteiger partial charge on any atom is -0.486 e. The molecule has 6 nitrogen and oxygen atoms in total.